The third-order valence-electron chi connectivity index (χ3n) is 3.81. The number of rotatable bonds is 6. The van der Waals surface area contributed by atoms with Crippen LogP contribution in [0, 0.1) is 0 Å². The van der Waals surface area contributed by atoms with Crippen LogP contribution in [0.3, 0.4) is 0 Å². The maximum atomic E-state index is 11.7. The number of thiophene rings is 1. The van der Waals surface area contributed by atoms with E-state index >= 15 is 0 Å². The van der Waals surface area contributed by atoms with Crippen molar-refractivity contribution < 1.29 is 0 Å². The predicted octanol–water partition coefficient (Wildman–Crippen LogP) is 3.48. The number of pyridine rings is 1. The minimum Gasteiger partial charge on any atom is -0.352 e. The second kappa shape index (κ2) is 7.40. The van der Waals surface area contributed by atoms with Crippen LogP contribution in [0.25, 0.3) is 11.4 Å². The summed E-state index contributed by atoms with van der Waals surface area (Å²) in [4.78, 5) is 27.1. The van der Waals surface area contributed by atoms with E-state index in [9.17, 15) is 4.79 Å². The van der Waals surface area contributed by atoms with Gasteiger partial charge in [-0.2, -0.15) is 0 Å². The average Bonchev–Trinajstić information content (AvgIpc) is 3.12. The fourth-order valence-electron chi connectivity index (χ4n) is 2.48. The summed E-state index contributed by atoms with van der Waals surface area (Å²) in [6, 6.07) is 9.66. The van der Waals surface area contributed by atoms with Gasteiger partial charge in [0.15, 0.2) is 0 Å². The third kappa shape index (κ3) is 3.71. The lowest BCUT2D eigenvalue weighted by molar-refractivity contribution is 0.823. The Bertz CT molecular complexity index is 840. The molecular formula is C18H20N4OS. The number of aromatic amines is 1. The molecule has 3 aromatic heterocycles. The fraction of sp³-hybridized carbons (Fsp3) is 0.278. The van der Waals surface area contributed by atoms with Crippen molar-refractivity contribution in [3.8, 4) is 11.4 Å². The van der Waals surface area contributed by atoms with Crippen LogP contribution in [-0.4, -0.2) is 21.5 Å². The quantitative estimate of drug-likeness (QED) is 0.746. The number of hydrogen-bond acceptors (Lipinski definition) is 5. The molecule has 0 aromatic carbocycles. The highest BCUT2D eigenvalue weighted by Crippen LogP contribution is 2.20. The number of aryl methyl sites for hydroxylation is 1. The Hall–Kier alpha value is -2.47. The maximum absolute atomic E-state index is 11.7. The van der Waals surface area contributed by atoms with Crippen LogP contribution < -0.4 is 10.5 Å². The first-order valence-electron chi connectivity index (χ1n) is 8.03. The summed E-state index contributed by atoms with van der Waals surface area (Å²) >= 11 is 1.75. The first-order valence-corrected chi connectivity index (χ1v) is 8.91. The molecule has 0 radical (unpaired) electrons. The van der Waals surface area contributed by atoms with Gasteiger partial charge in [-0.15, -0.1) is 11.3 Å². The standard InChI is InChI=1S/C18H20N4OS/c1-3-14-10-17(23)21-18(20-14)13-7-8-16(19-11-13)22(4-2)12-15-6-5-9-24-15/h5-11H,3-4,12H2,1-2H3,(H,20,21,23). The van der Waals surface area contributed by atoms with Gasteiger partial charge < -0.3 is 9.88 Å². The fourth-order valence-corrected chi connectivity index (χ4v) is 3.20. The summed E-state index contributed by atoms with van der Waals surface area (Å²) in [6.07, 6.45) is 2.50. The molecule has 1 N–H and O–H groups in total. The van der Waals surface area contributed by atoms with Crippen LogP contribution in [0.1, 0.15) is 24.4 Å². The highest BCUT2D eigenvalue weighted by Gasteiger charge is 2.09. The molecule has 0 atom stereocenters. The minimum absolute atomic E-state index is 0.131. The molecule has 3 rings (SSSR count). The predicted molar refractivity (Wildman–Crippen MR) is 98.5 cm³/mol. The Morgan fingerprint density at radius 2 is 2.12 bits per heavy atom. The van der Waals surface area contributed by atoms with Crippen molar-refractivity contribution in [3.05, 3.63) is 62.8 Å². The third-order valence-corrected chi connectivity index (χ3v) is 4.67. The molecule has 0 fully saturated rings. The molecule has 124 valence electrons. The van der Waals surface area contributed by atoms with E-state index in [4.69, 9.17) is 0 Å². The smallest absolute Gasteiger partial charge is 0.251 e. The normalized spacial score (nSPS) is 10.8. The van der Waals surface area contributed by atoms with E-state index in [0.29, 0.717) is 5.82 Å². The summed E-state index contributed by atoms with van der Waals surface area (Å²) in [5.41, 5.74) is 1.47. The molecule has 3 aromatic rings. The van der Waals surface area contributed by atoms with Crippen molar-refractivity contribution in [3.63, 3.8) is 0 Å². The van der Waals surface area contributed by atoms with Crippen LogP contribution in [0.4, 0.5) is 5.82 Å². The first kappa shape index (κ1) is 16.4. The molecule has 0 aliphatic carbocycles. The molecule has 0 saturated carbocycles. The van der Waals surface area contributed by atoms with Gasteiger partial charge in [0.1, 0.15) is 11.6 Å². The van der Waals surface area contributed by atoms with Crippen molar-refractivity contribution in [2.24, 2.45) is 0 Å². The molecule has 6 heteroatoms. The van der Waals surface area contributed by atoms with E-state index < -0.39 is 0 Å². The van der Waals surface area contributed by atoms with Crippen molar-refractivity contribution >= 4 is 17.2 Å². The van der Waals surface area contributed by atoms with E-state index in [1.54, 1.807) is 17.5 Å². The lowest BCUT2D eigenvalue weighted by Gasteiger charge is -2.21. The number of H-pyrrole nitrogens is 1. The first-order chi connectivity index (χ1) is 11.7. The van der Waals surface area contributed by atoms with Gasteiger partial charge in [0.2, 0.25) is 0 Å². The Labute approximate surface area is 145 Å². The zero-order valence-corrected chi connectivity index (χ0v) is 14.6. The van der Waals surface area contributed by atoms with E-state index in [1.807, 2.05) is 19.1 Å². The molecule has 0 unspecified atom stereocenters. The maximum Gasteiger partial charge on any atom is 0.251 e. The number of aromatic nitrogens is 3. The van der Waals surface area contributed by atoms with Crippen LogP contribution >= 0.6 is 11.3 Å². The summed E-state index contributed by atoms with van der Waals surface area (Å²) in [5.74, 6) is 1.49. The van der Waals surface area contributed by atoms with Gasteiger partial charge in [-0.05, 0) is 36.9 Å². The monoisotopic (exact) mass is 340 g/mol. The van der Waals surface area contributed by atoms with Crippen molar-refractivity contribution in [2.45, 2.75) is 26.8 Å². The van der Waals surface area contributed by atoms with Gasteiger partial charge in [-0.1, -0.05) is 13.0 Å². The molecule has 0 bridgehead atoms. The highest BCUT2D eigenvalue weighted by molar-refractivity contribution is 7.09. The highest BCUT2D eigenvalue weighted by atomic mass is 32.1. The second-order valence-electron chi connectivity index (χ2n) is 5.44. The van der Waals surface area contributed by atoms with E-state index in [2.05, 4.69) is 44.3 Å². The zero-order chi connectivity index (χ0) is 16.9. The largest absolute Gasteiger partial charge is 0.352 e. The number of nitrogens with zero attached hydrogens (tertiary/aromatic N) is 3. The average molecular weight is 340 g/mol. The molecule has 0 spiro atoms. The topological polar surface area (TPSA) is 61.9 Å². The Balaban J connectivity index is 1.84. The van der Waals surface area contributed by atoms with Gasteiger partial charge in [0, 0.05) is 34.9 Å². The van der Waals surface area contributed by atoms with Gasteiger partial charge in [0.25, 0.3) is 5.56 Å². The Kier molecular flexibility index (Phi) is 5.05. The molecular weight excluding hydrogens is 320 g/mol. The van der Waals surface area contributed by atoms with Gasteiger partial charge in [-0.25, -0.2) is 9.97 Å². The SMILES string of the molecule is CCc1cc(=O)[nH]c(-c2ccc(N(CC)Cc3cccs3)nc2)n1. The zero-order valence-electron chi connectivity index (χ0n) is 13.8. The molecule has 5 nitrogen and oxygen atoms in total. The molecule has 3 heterocycles. The van der Waals surface area contributed by atoms with Gasteiger partial charge >= 0.3 is 0 Å². The van der Waals surface area contributed by atoms with E-state index in [-0.39, 0.29) is 5.56 Å². The molecule has 24 heavy (non-hydrogen) atoms. The number of nitrogens with one attached hydrogen (secondary N) is 1. The van der Waals surface area contributed by atoms with Crippen molar-refractivity contribution in [1.29, 1.82) is 0 Å². The summed E-state index contributed by atoms with van der Waals surface area (Å²) in [7, 11) is 0. The number of hydrogen-bond donors (Lipinski definition) is 1. The second-order valence-corrected chi connectivity index (χ2v) is 6.47. The van der Waals surface area contributed by atoms with Crippen molar-refractivity contribution in [2.75, 3.05) is 11.4 Å². The Morgan fingerprint density at radius 1 is 1.25 bits per heavy atom. The Morgan fingerprint density at radius 3 is 2.75 bits per heavy atom. The van der Waals surface area contributed by atoms with Crippen LogP contribution in [0.15, 0.2) is 46.7 Å². The summed E-state index contributed by atoms with van der Waals surface area (Å²) < 4.78 is 0. The number of anilines is 1. The lowest BCUT2D eigenvalue weighted by Crippen LogP contribution is -2.22. The van der Waals surface area contributed by atoms with Gasteiger partial charge in [-0.3, -0.25) is 4.79 Å². The summed E-state index contributed by atoms with van der Waals surface area (Å²) in [5, 5.41) is 2.09. The van der Waals surface area contributed by atoms with Gasteiger partial charge in [0.05, 0.1) is 6.54 Å². The van der Waals surface area contributed by atoms with Crippen molar-refractivity contribution in [1.82, 2.24) is 15.0 Å². The van der Waals surface area contributed by atoms with Crippen LogP contribution in [0.5, 0.6) is 0 Å². The molecule has 0 aliphatic heterocycles. The summed E-state index contributed by atoms with van der Waals surface area (Å²) in [6.45, 7) is 5.83. The van der Waals surface area contributed by atoms with Crippen LogP contribution in [0.2, 0.25) is 0 Å². The lowest BCUT2D eigenvalue weighted by atomic mass is 10.2. The van der Waals surface area contributed by atoms with Crippen LogP contribution in [-0.2, 0) is 13.0 Å². The molecule has 0 saturated heterocycles. The van der Waals surface area contributed by atoms with E-state index in [1.165, 1.54) is 10.9 Å². The molecule has 0 amide bonds. The van der Waals surface area contributed by atoms with E-state index in [0.717, 1.165) is 36.6 Å². The minimum atomic E-state index is -0.131. The molecule has 0 aliphatic rings.